The van der Waals surface area contributed by atoms with Gasteiger partial charge in [0, 0.05) is 45.5 Å². The van der Waals surface area contributed by atoms with E-state index in [9.17, 15) is 9.59 Å². The zero-order valence-electron chi connectivity index (χ0n) is 20.3. The Morgan fingerprint density at radius 2 is 1.71 bits per heavy atom. The summed E-state index contributed by atoms with van der Waals surface area (Å²) in [4.78, 5) is 25.2. The molecule has 178 valence electrons. The highest BCUT2D eigenvalue weighted by Gasteiger charge is 2.23. The first-order valence-electron chi connectivity index (χ1n) is 11.5. The summed E-state index contributed by atoms with van der Waals surface area (Å²) in [5.41, 5.74) is 5.23. The fourth-order valence-electron chi connectivity index (χ4n) is 4.39. The van der Waals surface area contributed by atoms with E-state index in [0.29, 0.717) is 29.1 Å². The van der Waals surface area contributed by atoms with Gasteiger partial charge in [-0.15, -0.1) is 0 Å². The largest absolute Gasteiger partial charge is 0.464 e. The molecule has 1 N–H and O–H groups in total. The molecule has 2 aromatic carbocycles. The Bertz CT molecular complexity index is 1420. The number of halogens is 1. The van der Waals surface area contributed by atoms with Gasteiger partial charge in [-0.25, -0.2) is 4.79 Å². The Hall–Kier alpha value is -3.05. The van der Waals surface area contributed by atoms with E-state index in [1.807, 2.05) is 38.1 Å². The summed E-state index contributed by atoms with van der Waals surface area (Å²) in [7, 11) is 0. The normalized spacial score (nSPS) is 11.9. The van der Waals surface area contributed by atoms with Crippen molar-refractivity contribution in [1.29, 1.82) is 0 Å². The predicted molar refractivity (Wildman–Crippen MR) is 137 cm³/mol. The number of nitrogens with one attached hydrogen (secondary N) is 1. The molecule has 1 amide bonds. The summed E-state index contributed by atoms with van der Waals surface area (Å²) >= 11 is 5.91. The van der Waals surface area contributed by atoms with Crippen molar-refractivity contribution in [3.8, 4) is 0 Å². The average molecular weight is 480 g/mol. The number of carbonyl (C=O) groups is 1. The van der Waals surface area contributed by atoms with Crippen molar-refractivity contribution in [3.63, 3.8) is 0 Å². The SMILES string of the molecule is Cc1c(CCC(=O)NCCc2ccc(Cl)cc2)c(=O)oc2c(C)c3occ(C(C)(C)C)c3cc12. The highest BCUT2D eigenvalue weighted by molar-refractivity contribution is 6.30. The number of amides is 1. The third-order valence-electron chi connectivity index (χ3n) is 6.40. The van der Waals surface area contributed by atoms with Gasteiger partial charge < -0.3 is 14.2 Å². The van der Waals surface area contributed by atoms with Crippen LogP contribution in [0.2, 0.25) is 5.02 Å². The molecule has 34 heavy (non-hydrogen) atoms. The quantitative estimate of drug-likeness (QED) is 0.325. The van der Waals surface area contributed by atoms with Crippen LogP contribution in [-0.2, 0) is 23.1 Å². The Morgan fingerprint density at radius 3 is 2.38 bits per heavy atom. The van der Waals surface area contributed by atoms with Gasteiger partial charge in [-0.2, -0.15) is 0 Å². The van der Waals surface area contributed by atoms with Crippen LogP contribution < -0.4 is 10.9 Å². The number of aryl methyl sites for hydroxylation is 2. The van der Waals surface area contributed by atoms with Crippen LogP contribution in [-0.4, -0.2) is 12.5 Å². The Balaban J connectivity index is 1.54. The fourth-order valence-corrected chi connectivity index (χ4v) is 4.52. The van der Waals surface area contributed by atoms with E-state index in [-0.39, 0.29) is 17.7 Å². The summed E-state index contributed by atoms with van der Waals surface area (Å²) < 4.78 is 11.6. The Morgan fingerprint density at radius 1 is 1.00 bits per heavy atom. The van der Waals surface area contributed by atoms with E-state index in [1.165, 1.54) is 0 Å². The van der Waals surface area contributed by atoms with Crippen molar-refractivity contribution in [1.82, 2.24) is 5.32 Å². The van der Waals surface area contributed by atoms with Crippen LogP contribution >= 0.6 is 11.6 Å². The second-order valence-electron chi connectivity index (χ2n) is 9.87. The summed E-state index contributed by atoms with van der Waals surface area (Å²) in [6, 6.07) is 9.62. The van der Waals surface area contributed by atoms with E-state index in [0.717, 1.165) is 45.0 Å². The molecule has 0 radical (unpaired) electrons. The maximum absolute atomic E-state index is 12.8. The van der Waals surface area contributed by atoms with Gasteiger partial charge in [0.2, 0.25) is 5.91 Å². The van der Waals surface area contributed by atoms with Crippen molar-refractivity contribution in [2.24, 2.45) is 0 Å². The van der Waals surface area contributed by atoms with Crippen LogP contribution in [0.25, 0.3) is 21.9 Å². The second-order valence-corrected chi connectivity index (χ2v) is 10.3. The molecule has 0 unspecified atom stereocenters. The molecular formula is C28H30ClNO4. The molecular weight excluding hydrogens is 450 g/mol. The standard InChI is InChI=1S/C28H30ClNO4/c1-16-20(10-11-24(31)30-13-12-18-6-8-19(29)9-7-18)27(32)34-26-17(2)25-22(14-21(16)26)23(15-33-25)28(3,4)5/h6-9,14-15H,10-13H2,1-5H3,(H,30,31). The molecule has 0 aliphatic heterocycles. The average Bonchev–Trinajstić information content (AvgIpc) is 3.21. The van der Waals surface area contributed by atoms with E-state index in [1.54, 1.807) is 6.26 Å². The van der Waals surface area contributed by atoms with Crippen LogP contribution in [0.15, 0.2) is 50.2 Å². The monoisotopic (exact) mass is 479 g/mol. The lowest BCUT2D eigenvalue weighted by molar-refractivity contribution is -0.121. The van der Waals surface area contributed by atoms with Crippen LogP contribution in [0.1, 0.15) is 55.0 Å². The number of hydrogen-bond acceptors (Lipinski definition) is 4. The minimum absolute atomic E-state index is 0.0815. The van der Waals surface area contributed by atoms with Crippen LogP contribution in [0.4, 0.5) is 0 Å². The highest BCUT2D eigenvalue weighted by atomic mass is 35.5. The summed E-state index contributed by atoms with van der Waals surface area (Å²) in [5, 5.41) is 5.53. The zero-order valence-corrected chi connectivity index (χ0v) is 21.1. The number of rotatable bonds is 6. The van der Waals surface area contributed by atoms with Gasteiger partial charge in [0.25, 0.3) is 0 Å². The van der Waals surface area contributed by atoms with Gasteiger partial charge in [0.05, 0.1) is 6.26 Å². The molecule has 4 aromatic rings. The molecule has 2 aromatic heterocycles. The first kappa shape index (κ1) is 24.1. The number of hydrogen-bond donors (Lipinski definition) is 1. The topological polar surface area (TPSA) is 72.5 Å². The lowest BCUT2D eigenvalue weighted by atomic mass is 9.86. The number of fused-ring (bicyclic) bond motifs is 2. The molecule has 0 saturated heterocycles. The summed E-state index contributed by atoms with van der Waals surface area (Å²) in [6.45, 7) is 10.8. The molecule has 0 saturated carbocycles. The van der Waals surface area contributed by atoms with Gasteiger partial charge >= 0.3 is 5.63 Å². The molecule has 5 nitrogen and oxygen atoms in total. The predicted octanol–water partition coefficient (Wildman–Crippen LogP) is 6.40. The van der Waals surface area contributed by atoms with E-state index in [2.05, 4.69) is 32.2 Å². The van der Waals surface area contributed by atoms with Crippen molar-refractivity contribution < 1.29 is 13.6 Å². The fraction of sp³-hybridized carbons (Fsp3) is 0.357. The number of carbonyl (C=O) groups excluding carboxylic acids is 1. The maximum Gasteiger partial charge on any atom is 0.339 e. The number of benzene rings is 2. The molecule has 0 aliphatic carbocycles. The van der Waals surface area contributed by atoms with Crippen LogP contribution in [0, 0.1) is 13.8 Å². The van der Waals surface area contributed by atoms with Gasteiger partial charge in [-0.05, 0) is 61.4 Å². The molecule has 6 heteroatoms. The number of furan rings is 1. The molecule has 0 atom stereocenters. The molecule has 0 aliphatic rings. The summed E-state index contributed by atoms with van der Waals surface area (Å²) in [6.07, 6.45) is 3.05. The van der Waals surface area contributed by atoms with Crippen molar-refractivity contribution in [3.05, 3.63) is 79.9 Å². The van der Waals surface area contributed by atoms with E-state index in [4.69, 9.17) is 20.4 Å². The lowest BCUT2D eigenvalue weighted by Gasteiger charge is -2.17. The third-order valence-corrected chi connectivity index (χ3v) is 6.65. The Labute approximate surface area is 204 Å². The van der Waals surface area contributed by atoms with Crippen molar-refractivity contribution >= 4 is 39.4 Å². The highest BCUT2D eigenvalue weighted by Crippen LogP contribution is 2.37. The van der Waals surface area contributed by atoms with Crippen molar-refractivity contribution in [2.75, 3.05) is 6.54 Å². The van der Waals surface area contributed by atoms with Gasteiger partial charge in [-0.3, -0.25) is 4.79 Å². The van der Waals surface area contributed by atoms with Gasteiger partial charge in [0.15, 0.2) is 0 Å². The van der Waals surface area contributed by atoms with Gasteiger partial charge in [-0.1, -0.05) is 44.5 Å². The van der Waals surface area contributed by atoms with Crippen LogP contribution in [0.3, 0.4) is 0 Å². The van der Waals surface area contributed by atoms with Crippen molar-refractivity contribution in [2.45, 2.75) is 59.3 Å². The smallest absolute Gasteiger partial charge is 0.339 e. The molecule has 0 bridgehead atoms. The van der Waals surface area contributed by atoms with Crippen LogP contribution in [0.5, 0.6) is 0 Å². The minimum Gasteiger partial charge on any atom is -0.464 e. The molecule has 4 rings (SSSR count). The molecule has 0 spiro atoms. The molecule has 2 heterocycles. The minimum atomic E-state index is -0.399. The van der Waals surface area contributed by atoms with Gasteiger partial charge in [0.1, 0.15) is 11.2 Å². The van der Waals surface area contributed by atoms with E-state index >= 15 is 0 Å². The zero-order chi connectivity index (χ0) is 24.6. The second kappa shape index (κ2) is 9.30. The maximum atomic E-state index is 12.8. The molecule has 0 fully saturated rings. The first-order chi connectivity index (χ1) is 16.1. The summed E-state index contributed by atoms with van der Waals surface area (Å²) in [5.74, 6) is -0.0932. The van der Waals surface area contributed by atoms with E-state index < -0.39 is 5.63 Å². The Kier molecular flexibility index (Phi) is 6.59. The lowest BCUT2D eigenvalue weighted by Crippen LogP contribution is -2.26. The third kappa shape index (κ3) is 4.76. The first-order valence-corrected chi connectivity index (χ1v) is 11.9.